The van der Waals surface area contributed by atoms with Crippen molar-refractivity contribution in [3.63, 3.8) is 0 Å². The number of piperidine rings is 3. The molecule has 450 valence electrons. The molecule has 13 nitrogen and oxygen atoms in total. The minimum absolute atomic E-state index is 0. The van der Waals surface area contributed by atoms with E-state index in [1.54, 1.807) is 31.7 Å². The van der Waals surface area contributed by atoms with E-state index in [2.05, 4.69) is 105 Å². The van der Waals surface area contributed by atoms with Gasteiger partial charge in [0, 0.05) is 35.6 Å². The van der Waals surface area contributed by atoms with Crippen LogP contribution in [0.3, 0.4) is 0 Å². The van der Waals surface area contributed by atoms with Crippen LogP contribution in [0.5, 0.6) is 0 Å². The molecule has 3 saturated heterocycles. The van der Waals surface area contributed by atoms with Crippen LogP contribution in [-0.4, -0.2) is 104 Å². The second-order valence-electron chi connectivity index (χ2n) is 21.4. The van der Waals surface area contributed by atoms with Crippen LogP contribution in [0.4, 0.5) is 17.1 Å². The van der Waals surface area contributed by atoms with Gasteiger partial charge in [0.1, 0.15) is 10.1 Å². The van der Waals surface area contributed by atoms with Crippen molar-refractivity contribution in [2.24, 2.45) is 16.7 Å². The summed E-state index contributed by atoms with van der Waals surface area (Å²) < 4.78 is 30.8. The number of likely N-dealkylation sites (tertiary alicyclic amines) is 3. The summed E-state index contributed by atoms with van der Waals surface area (Å²) in [5.74, 6) is -2.34. The molecule has 79 heavy (non-hydrogen) atoms. The van der Waals surface area contributed by atoms with Crippen LogP contribution in [0.15, 0.2) is 108 Å². The van der Waals surface area contributed by atoms with Gasteiger partial charge in [-0.1, -0.05) is 128 Å². The zero-order chi connectivity index (χ0) is 57.6. The molecule has 0 radical (unpaired) electrons. The molecular weight excluding hydrogens is 1350 g/mol. The largest absolute Gasteiger partial charge is 0.744 e. The van der Waals surface area contributed by atoms with Crippen LogP contribution in [0, 0.1) is 16.7 Å². The number of nitrogen functional groups attached to an aromatic ring is 3. The van der Waals surface area contributed by atoms with Gasteiger partial charge in [-0.25, -0.2) is 8.42 Å². The number of benzene rings is 4. The van der Waals surface area contributed by atoms with E-state index in [9.17, 15) is 22.6 Å². The normalized spacial score (nSPS) is 22.2. The number of anilines is 3. The molecule has 1 saturated carbocycles. The number of nitrogens with zero attached hydrogens (tertiary/aromatic N) is 2. The summed E-state index contributed by atoms with van der Waals surface area (Å²) in [6, 6.07) is 34.3. The molecule has 4 aromatic carbocycles. The molecule has 8 rings (SSSR count). The average molecular weight is 1460 g/mol. The van der Waals surface area contributed by atoms with Gasteiger partial charge in [0.15, 0.2) is 0 Å². The van der Waals surface area contributed by atoms with Gasteiger partial charge in [0.2, 0.25) is 0 Å². The fourth-order valence-corrected chi connectivity index (χ4v) is 11.3. The minimum atomic E-state index is -4.25. The van der Waals surface area contributed by atoms with E-state index in [4.69, 9.17) is 27.4 Å². The summed E-state index contributed by atoms with van der Waals surface area (Å²) in [4.78, 5) is 28.6. The molecule has 4 fully saturated rings. The number of carboxylic acid groups (broad SMARTS) is 2. The molecule has 4 aliphatic rings. The molecule has 0 aromatic heterocycles. The zero-order valence-electron chi connectivity index (χ0n) is 47.4. The molecule has 4 aromatic rings. The molecule has 17 heteroatoms. The van der Waals surface area contributed by atoms with E-state index < -0.39 is 38.8 Å². The molecule has 3 heterocycles. The Kier molecular flexibility index (Phi) is 39.0. The molecule has 0 spiro atoms. The molecule has 9 N–H and O–H groups in total. The Bertz CT molecular complexity index is 2240. The van der Waals surface area contributed by atoms with E-state index in [1.807, 2.05) is 50.2 Å². The summed E-state index contributed by atoms with van der Waals surface area (Å²) in [6.45, 7) is 13.0. The maximum Gasteiger partial charge on any atom is 0.124 e. The van der Waals surface area contributed by atoms with Gasteiger partial charge in [-0.3, -0.25) is 9.59 Å². The number of para-hydroxylation sites is 3. The van der Waals surface area contributed by atoms with Crippen LogP contribution in [0.25, 0.3) is 0 Å². The number of hydrogen-bond acceptors (Lipinski definition) is 10. The Labute approximate surface area is 508 Å². The number of quaternary nitrogens is 1. The number of nitrogens with two attached hydrogens (primary N) is 3. The fourth-order valence-electron chi connectivity index (χ4n) is 10.8. The smallest absolute Gasteiger partial charge is 0.124 e. The van der Waals surface area contributed by atoms with E-state index in [0.29, 0.717) is 26.1 Å². The summed E-state index contributed by atoms with van der Waals surface area (Å²) in [5, 5.41) is 18.1. The first-order valence-corrected chi connectivity index (χ1v) is 41.6. The van der Waals surface area contributed by atoms with Crippen molar-refractivity contribution in [3.05, 3.63) is 120 Å². The van der Waals surface area contributed by atoms with Gasteiger partial charge in [0.05, 0.1) is 35.9 Å². The summed E-state index contributed by atoms with van der Waals surface area (Å²) in [5.41, 5.74) is 23.0. The Balaban J connectivity index is 0.000000943. The summed E-state index contributed by atoms with van der Waals surface area (Å²) in [6.07, 6.45) is 20.4. The molecule has 6 atom stereocenters. The van der Waals surface area contributed by atoms with E-state index in [0.717, 1.165) is 54.5 Å². The average Bonchev–Trinajstić information content (AvgIpc) is 3.69. The number of hydrogen-bond donors (Lipinski definition) is 6. The number of rotatable bonds is 12. The van der Waals surface area contributed by atoms with E-state index >= 15 is 0 Å². The first-order valence-electron chi connectivity index (χ1n) is 27.6. The number of aryl methyl sites for hydroxylation is 3. The standard InChI is InChI=1S/3C14H22N2.C10H16O4.C6H6O3S.C2H6.2CH4.I3/c3*1-16-11-5-4-7-13(16)10-9-12-6-2-3-8-14(12)15;1-9(2)6(7(11)12)4-5-10(9,3)8(13)14;7-10(8,9)6-4-2-1-3-5-6;1-2;;;1-3-2/h3*2-3,6,8,13H,4-5,7,9-11,15H2,1H3;6H,4-5H2,1-3H3,(H,11,12)(H,13,14);1-5H,(H,7,8,9);1-2H3;2*1H4;/q;;;;;;;;-1/t13-;;;6-,10+;;;;;/m0..1...../s1. The molecular formula is C62H102I3N6O7S-. The third kappa shape index (κ3) is 26.5. The van der Waals surface area contributed by atoms with Gasteiger partial charge in [-0.15, -0.1) is 0 Å². The van der Waals surface area contributed by atoms with Crippen LogP contribution >= 0.6 is 37.2 Å². The minimum Gasteiger partial charge on any atom is -0.744 e. The van der Waals surface area contributed by atoms with Crippen LogP contribution < -0.4 is 35.4 Å². The number of carbonyl (C=O) groups is 2. The monoisotopic (exact) mass is 1460 g/mol. The quantitative estimate of drug-likeness (QED) is 0.0443. The van der Waals surface area contributed by atoms with Gasteiger partial charge in [-0.05, 0) is 176 Å². The molecule has 3 aliphatic heterocycles. The predicted octanol–water partition coefficient (Wildman–Crippen LogP) is 9.90. The van der Waals surface area contributed by atoms with Crippen molar-refractivity contribution in [1.82, 2.24) is 9.80 Å². The Hall–Kier alpha value is -2.80. The molecule has 1 aliphatic carbocycles. The molecule has 3 unspecified atom stereocenters. The number of carboxylic acids is 2. The fraction of sp³-hybridized carbons (Fsp3) is 0.581. The van der Waals surface area contributed by atoms with Crippen LogP contribution in [-0.2, 0) is 39.0 Å². The second-order valence-corrected chi connectivity index (χ2v) is 39.0. The zero-order valence-corrected chi connectivity index (χ0v) is 54.7. The Morgan fingerprint density at radius 1 is 0.646 bits per heavy atom. The van der Waals surface area contributed by atoms with Gasteiger partial charge in [0.25, 0.3) is 0 Å². The Morgan fingerprint density at radius 3 is 1.34 bits per heavy atom. The first kappa shape index (κ1) is 76.2. The number of nitrogens with one attached hydrogen (secondary N) is 1. The molecule has 0 bridgehead atoms. The van der Waals surface area contributed by atoms with Crippen LogP contribution in [0.1, 0.15) is 156 Å². The van der Waals surface area contributed by atoms with Gasteiger partial charge < -0.3 is 46.7 Å². The van der Waals surface area contributed by atoms with Crippen molar-refractivity contribution in [2.45, 2.75) is 182 Å². The molecule has 0 amide bonds. The topological polar surface area (TPSA) is 221 Å². The number of aliphatic carboxylic acids is 2. The Morgan fingerprint density at radius 2 is 1.03 bits per heavy atom. The predicted molar refractivity (Wildman–Crippen MR) is 345 cm³/mol. The van der Waals surface area contributed by atoms with Crippen molar-refractivity contribution < 1.29 is 50.9 Å². The van der Waals surface area contributed by atoms with E-state index in [-0.39, 0.29) is 19.7 Å². The summed E-state index contributed by atoms with van der Waals surface area (Å²) >= 11 is 5.30. The van der Waals surface area contributed by atoms with Crippen LogP contribution in [0.2, 0.25) is 0 Å². The van der Waals surface area contributed by atoms with Crippen molar-refractivity contribution in [2.75, 3.05) is 58.0 Å². The maximum atomic E-state index is 11.1. The van der Waals surface area contributed by atoms with Gasteiger partial charge >= 0.3 is 62.4 Å². The van der Waals surface area contributed by atoms with Crippen molar-refractivity contribution in [1.29, 1.82) is 0 Å². The third-order valence-corrected chi connectivity index (χ3v) is 17.2. The first-order chi connectivity index (χ1) is 36.6. The van der Waals surface area contributed by atoms with Crippen molar-refractivity contribution in [3.8, 4) is 0 Å². The SMILES string of the molecule is C.C.CC.CC1(C)[C@@H](C(=O)O)CC[C@@]1(C)C(=O)O.CN1CCCCC1CCc1ccccc1N.CN1CCCC[C@H]1CCc1ccccc1N.C[NH+]1CCCCC1CCc1ccccc1N.I[I-]I.O=S(=O)([O-])c1ccccc1. The van der Waals surface area contributed by atoms with Crippen molar-refractivity contribution >= 4 is 76.4 Å². The third-order valence-electron chi connectivity index (χ3n) is 16.4. The van der Waals surface area contributed by atoms with Gasteiger partial charge in [-0.2, -0.15) is 0 Å². The number of halogens is 3. The van der Waals surface area contributed by atoms with E-state index in [1.165, 1.54) is 138 Å². The summed E-state index contributed by atoms with van der Waals surface area (Å²) in [7, 11) is 2.58. The second kappa shape index (κ2) is 40.4. The maximum absolute atomic E-state index is 11.1.